The van der Waals surface area contributed by atoms with E-state index < -0.39 is 5.41 Å². The van der Waals surface area contributed by atoms with Crippen molar-refractivity contribution in [2.75, 3.05) is 0 Å². The molecule has 0 amide bonds. The van der Waals surface area contributed by atoms with Crippen LogP contribution in [0.4, 0.5) is 0 Å². The van der Waals surface area contributed by atoms with Crippen molar-refractivity contribution in [3.63, 3.8) is 0 Å². The van der Waals surface area contributed by atoms with E-state index in [2.05, 4.69) is 13.2 Å². The number of benzene rings is 2. The summed E-state index contributed by atoms with van der Waals surface area (Å²) < 4.78 is 0. The van der Waals surface area contributed by atoms with Crippen LogP contribution in [0.2, 0.25) is 0 Å². The minimum atomic E-state index is -0.540. The summed E-state index contributed by atoms with van der Waals surface area (Å²) in [5.74, 6) is 0.448. The van der Waals surface area contributed by atoms with Gasteiger partial charge >= 0.3 is 0 Å². The van der Waals surface area contributed by atoms with Crippen molar-refractivity contribution in [2.45, 2.75) is 19.3 Å². The van der Waals surface area contributed by atoms with E-state index in [1.54, 1.807) is 24.3 Å². The fourth-order valence-corrected chi connectivity index (χ4v) is 2.94. The summed E-state index contributed by atoms with van der Waals surface area (Å²) in [6.45, 7) is 12.3. The minimum absolute atomic E-state index is 0.224. The molecular weight excluding hydrogens is 260 g/mol. The Morgan fingerprint density at radius 3 is 1.24 bits per heavy atom. The molecule has 0 radical (unpaired) electrons. The van der Waals surface area contributed by atoms with Gasteiger partial charge in [-0.2, -0.15) is 0 Å². The topological polar surface area (TPSA) is 40.5 Å². The maximum atomic E-state index is 9.53. The van der Waals surface area contributed by atoms with Crippen LogP contribution >= 0.6 is 0 Å². The van der Waals surface area contributed by atoms with E-state index in [0.29, 0.717) is 0 Å². The van der Waals surface area contributed by atoms with Gasteiger partial charge in [-0.1, -0.05) is 48.6 Å². The van der Waals surface area contributed by atoms with Crippen molar-refractivity contribution in [1.29, 1.82) is 0 Å². The largest absolute Gasteiger partial charge is 0.508 e. The lowest BCUT2D eigenvalue weighted by Gasteiger charge is -2.37. The maximum Gasteiger partial charge on any atom is 0.115 e. The van der Waals surface area contributed by atoms with Crippen LogP contribution in [0.5, 0.6) is 11.5 Å². The molecule has 108 valence electrons. The SMILES string of the molecule is C=C(C)C(C(=C)C)(c1ccc(O)cc1)c1ccc(O)cc1. The highest BCUT2D eigenvalue weighted by Gasteiger charge is 2.36. The second-order valence-electron chi connectivity index (χ2n) is 5.40. The molecule has 0 unspecified atom stereocenters. The molecule has 2 nitrogen and oxygen atoms in total. The van der Waals surface area contributed by atoms with Crippen LogP contribution in [0.1, 0.15) is 25.0 Å². The van der Waals surface area contributed by atoms with Crippen molar-refractivity contribution in [3.05, 3.63) is 84.0 Å². The van der Waals surface area contributed by atoms with Crippen molar-refractivity contribution in [3.8, 4) is 11.5 Å². The summed E-state index contributed by atoms with van der Waals surface area (Å²) >= 11 is 0. The Balaban J connectivity index is 2.75. The van der Waals surface area contributed by atoms with Gasteiger partial charge in [0.25, 0.3) is 0 Å². The van der Waals surface area contributed by atoms with Gasteiger partial charge in [-0.05, 0) is 49.2 Å². The van der Waals surface area contributed by atoms with Crippen molar-refractivity contribution >= 4 is 0 Å². The Bertz CT molecular complexity index is 602. The third-order valence-corrected chi connectivity index (χ3v) is 3.88. The molecule has 2 aromatic carbocycles. The molecule has 0 aliphatic rings. The Morgan fingerprint density at radius 1 is 0.714 bits per heavy atom. The lowest BCUT2D eigenvalue weighted by Crippen LogP contribution is -2.30. The molecule has 0 atom stereocenters. The molecule has 0 aromatic heterocycles. The van der Waals surface area contributed by atoms with Crippen molar-refractivity contribution in [2.24, 2.45) is 0 Å². The Labute approximate surface area is 125 Å². The highest BCUT2D eigenvalue weighted by molar-refractivity contribution is 5.56. The number of hydrogen-bond acceptors (Lipinski definition) is 2. The third-order valence-electron chi connectivity index (χ3n) is 3.88. The van der Waals surface area contributed by atoms with Gasteiger partial charge in [-0.25, -0.2) is 0 Å². The minimum Gasteiger partial charge on any atom is -0.508 e. The standard InChI is InChI=1S/C19H20O2/c1-13(2)19(14(3)4,15-5-9-17(20)10-6-15)16-7-11-18(21)12-8-16/h5-12,20-21H,1,3H2,2,4H3. The molecule has 0 spiro atoms. The molecule has 2 heteroatoms. The third kappa shape index (κ3) is 2.45. The first kappa shape index (κ1) is 14.9. The van der Waals surface area contributed by atoms with Crippen molar-refractivity contribution < 1.29 is 10.2 Å². The summed E-state index contributed by atoms with van der Waals surface area (Å²) in [6, 6.07) is 14.2. The molecule has 21 heavy (non-hydrogen) atoms. The summed E-state index contributed by atoms with van der Waals surface area (Å²) in [5, 5.41) is 19.1. The van der Waals surface area contributed by atoms with Crippen LogP contribution in [0, 0.1) is 0 Å². The average molecular weight is 280 g/mol. The van der Waals surface area contributed by atoms with Gasteiger partial charge in [0.05, 0.1) is 5.41 Å². The smallest absolute Gasteiger partial charge is 0.115 e. The van der Waals surface area contributed by atoms with Gasteiger partial charge in [0, 0.05) is 0 Å². The second kappa shape index (κ2) is 5.49. The van der Waals surface area contributed by atoms with Gasteiger partial charge in [-0.3, -0.25) is 0 Å². The Morgan fingerprint density at radius 2 is 1.00 bits per heavy atom. The van der Waals surface area contributed by atoms with E-state index in [-0.39, 0.29) is 11.5 Å². The van der Waals surface area contributed by atoms with Crippen LogP contribution in [0.15, 0.2) is 72.8 Å². The summed E-state index contributed by atoms with van der Waals surface area (Å²) in [4.78, 5) is 0. The molecule has 0 saturated heterocycles. The van der Waals surface area contributed by atoms with Crippen LogP contribution in [-0.4, -0.2) is 10.2 Å². The van der Waals surface area contributed by atoms with Crippen molar-refractivity contribution in [1.82, 2.24) is 0 Å². The van der Waals surface area contributed by atoms with Gasteiger partial charge in [-0.15, -0.1) is 0 Å². The fourth-order valence-electron chi connectivity index (χ4n) is 2.94. The number of hydrogen-bond donors (Lipinski definition) is 2. The van der Waals surface area contributed by atoms with E-state index in [1.807, 2.05) is 38.1 Å². The molecule has 0 bridgehead atoms. The number of phenolic OH excluding ortho intramolecular Hbond substituents is 2. The number of rotatable bonds is 4. The molecule has 2 aromatic rings. The molecular formula is C19H20O2. The summed E-state index contributed by atoms with van der Waals surface area (Å²) in [7, 11) is 0. The number of phenols is 2. The van der Waals surface area contributed by atoms with E-state index in [9.17, 15) is 10.2 Å². The normalized spacial score (nSPS) is 11.1. The molecule has 0 aliphatic carbocycles. The predicted molar refractivity (Wildman–Crippen MR) is 86.6 cm³/mol. The van der Waals surface area contributed by atoms with Gasteiger partial charge in [0.2, 0.25) is 0 Å². The molecule has 0 aliphatic heterocycles. The van der Waals surface area contributed by atoms with Crippen LogP contribution in [0.3, 0.4) is 0 Å². The molecule has 2 rings (SSSR count). The number of allylic oxidation sites excluding steroid dienone is 2. The zero-order chi connectivity index (χ0) is 15.6. The van der Waals surface area contributed by atoms with Gasteiger partial charge < -0.3 is 10.2 Å². The molecule has 0 fully saturated rings. The summed E-state index contributed by atoms with van der Waals surface area (Å²) in [6.07, 6.45) is 0. The van der Waals surface area contributed by atoms with Crippen LogP contribution < -0.4 is 0 Å². The maximum absolute atomic E-state index is 9.53. The first-order valence-electron chi connectivity index (χ1n) is 6.80. The fraction of sp³-hybridized carbons (Fsp3) is 0.158. The van der Waals surface area contributed by atoms with Crippen LogP contribution in [-0.2, 0) is 5.41 Å². The van der Waals surface area contributed by atoms with E-state index in [1.165, 1.54) is 0 Å². The second-order valence-corrected chi connectivity index (χ2v) is 5.40. The Hall–Kier alpha value is -2.48. The van der Waals surface area contributed by atoms with Gasteiger partial charge in [0.1, 0.15) is 11.5 Å². The zero-order valence-corrected chi connectivity index (χ0v) is 12.4. The molecule has 2 N–H and O–H groups in total. The summed E-state index contributed by atoms with van der Waals surface area (Å²) in [5.41, 5.74) is 3.32. The number of aromatic hydroxyl groups is 2. The first-order chi connectivity index (χ1) is 9.88. The quantitative estimate of drug-likeness (QED) is 0.807. The van der Waals surface area contributed by atoms with E-state index in [0.717, 1.165) is 22.3 Å². The highest BCUT2D eigenvalue weighted by atomic mass is 16.3. The first-order valence-corrected chi connectivity index (χ1v) is 6.80. The Kier molecular flexibility index (Phi) is 3.90. The zero-order valence-electron chi connectivity index (χ0n) is 12.4. The lowest BCUT2D eigenvalue weighted by atomic mass is 9.66. The molecule has 0 saturated carbocycles. The molecule has 0 heterocycles. The van der Waals surface area contributed by atoms with E-state index in [4.69, 9.17) is 0 Å². The van der Waals surface area contributed by atoms with Gasteiger partial charge in [0.15, 0.2) is 0 Å². The van der Waals surface area contributed by atoms with Crippen LogP contribution in [0.25, 0.3) is 0 Å². The lowest BCUT2D eigenvalue weighted by molar-refractivity contribution is 0.474. The monoisotopic (exact) mass is 280 g/mol. The highest BCUT2D eigenvalue weighted by Crippen LogP contribution is 2.44. The average Bonchev–Trinajstić information content (AvgIpc) is 2.43. The van der Waals surface area contributed by atoms with E-state index >= 15 is 0 Å². The predicted octanol–water partition coefficient (Wildman–Crippen LogP) is 4.54.